The largest absolute Gasteiger partial charge is 0.323 e. The van der Waals surface area contributed by atoms with E-state index in [1.807, 2.05) is 16.2 Å². The van der Waals surface area contributed by atoms with Crippen molar-refractivity contribution in [3.63, 3.8) is 0 Å². The second kappa shape index (κ2) is 2.27. The minimum atomic E-state index is -0.151. The van der Waals surface area contributed by atoms with Crippen molar-refractivity contribution in [1.29, 1.82) is 0 Å². The van der Waals surface area contributed by atoms with Crippen LogP contribution in [0.15, 0.2) is 11.0 Å². The number of nitrogens with zero attached hydrogens (tertiary/aromatic N) is 1. The smallest absolute Gasteiger partial charge is 0.310 e. The molecule has 1 aromatic heterocycles. The number of hydrogen-bond donors (Lipinski definition) is 2. The topological polar surface area (TPSA) is 51.9 Å². The van der Waals surface area contributed by atoms with E-state index in [0.717, 1.165) is 11.4 Å². The molecule has 2 rings (SSSR count). The summed E-state index contributed by atoms with van der Waals surface area (Å²) >= 11 is 3.28. The van der Waals surface area contributed by atoms with Crippen LogP contribution in [0, 0.1) is 0 Å². The molecule has 0 fully saturated rings. The molecule has 4 nitrogen and oxygen atoms in total. The highest BCUT2D eigenvalue weighted by molar-refractivity contribution is 9.07. The molecule has 5 heteroatoms. The van der Waals surface area contributed by atoms with E-state index in [9.17, 15) is 4.79 Å². The molecule has 2 heterocycles. The van der Waals surface area contributed by atoms with E-state index in [1.54, 1.807) is 0 Å². The summed E-state index contributed by atoms with van der Waals surface area (Å²) in [5.41, 5.74) is 1.63. The minimum absolute atomic E-state index is 0.151. The Labute approximate surface area is 71.3 Å². The van der Waals surface area contributed by atoms with E-state index in [2.05, 4.69) is 26.1 Å². The molecule has 0 saturated heterocycles. The van der Waals surface area contributed by atoms with Crippen molar-refractivity contribution >= 4 is 22.2 Å². The van der Waals surface area contributed by atoms with Crippen LogP contribution in [0.5, 0.6) is 0 Å². The second-order valence-electron chi connectivity index (χ2n) is 2.34. The van der Waals surface area contributed by atoms with Crippen LogP contribution < -0.4 is 5.69 Å². The van der Waals surface area contributed by atoms with E-state index in [1.165, 1.54) is 0 Å². The van der Waals surface area contributed by atoms with Crippen molar-refractivity contribution < 1.29 is 0 Å². The number of aromatic amines is 2. The normalized spacial score (nSPS) is 15.2. The minimum Gasteiger partial charge on any atom is -0.310 e. The molecule has 0 saturated carbocycles. The number of nitrogens with one attached hydrogen (secondary N) is 2. The van der Waals surface area contributed by atoms with Gasteiger partial charge < -0.3 is 13.9 Å². The standard InChI is InChI=1S/C6H6BrN3O/c7-10-2-1-4-5(3-10)9-6(11)8-4/h1-2H,3H2,(H2,8,9,11). The van der Waals surface area contributed by atoms with Gasteiger partial charge in [-0.3, -0.25) is 0 Å². The van der Waals surface area contributed by atoms with Crippen molar-refractivity contribution in [3.05, 3.63) is 28.1 Å². The molecule has 0 radical (unpaired) electrons. The Morgan fingerprint density at radius 1 is 1.55 bits per heavy atom. The maximum atomic E-state index is 10.8. The first kappa shape index (κ1) is 6.72. The van der Waals surface area contributed by atoms with Crippen molar-refractivity contribution in [1.82, 2.24) is 13.9 Å². The van der Waals surface area contributed by atoms with Crippen LogP contribution in [0.25, 0.3) is 6.08 Å². The number of H-pyrrole nitrogens is 2. The van der Waals surface area contributed by atoms with Gasteiger partial charge in [0, 0.05) is 22.3 Å². The fourth-order valence-electron chi connectivity index (χ4n) is 1.06. The Hall–Kier alpha value is -0.970. The Balaban J connectivity index is 2.52. The van der Waals surface area contributed by atoms with Gasteiger partial charge in [0.15, 0.2) is 0 Å². The quantitative estimate of drug-likeness (QED) is 0.630. The molecule has 11 heavy (non-hydrogen) atoms. The molecule has 1 aliphatic heterocycles. The number of imidazole rings is 1. The van der Waals surface area contributed by atoms with Crippen molar-refractivity contribution in [2.24, 2.45) is 0 Å². The summed E-state index contributed by atoms with van der Waals surface area (Å²) in [6.07, 6.45) is 3.69. The van der Waals surface area contributed by atoms with Crippen molar-refractivity contribution in [2.45, 2.75) is 6.54 Å². The zero-order chi connectivity index (χ0) is 7.84. The van der Waals surface area contributed by atoms with Gasteiger partial charge >= 0.3 is 5.69 Å². The maximum absolute atomic E-state index is 10.8. The predicted octanol–water partition coefficient (Wildman–Crippen LogP) is 0.799. The Kier molecular flexibility index (Phi) is 1.38. The lowest BCUT2D eigenvalue weighted by molar-refractivity contribution is 0.621. The van der Waals surface area contributed by atoms with Gasteiger partial charge in [-0.2, -0.15) is 0 Å². The van der Waals surface area contributed by atoms with Gasteiger partial charge in [0.2, 0.25) is 0 Å². The molecule has 0 unspecified atom stereocenters. The van der Waals surface area contributed by atoms with E-state index in [4.69, 9.17) is 0 Å². The Morgan fingerprint density at radius 3 is 3.18 bits per heavy atom. The molecule has 0 aliphatic carbocycles. The Morgan fingerprint density at radius 2 is 2.36 bits per heavy atom. The molecule has 1 aliphatic rings. The summed E-state index contributed by atoms with van der Waals surface area (Å²) in [7, 11) is 0. The van der Waals surface area contributed by atoms with E-state index in [-0.39, 0.29) is 5.69 Å². The zero-order valence-electron chi connectivity index (χ0n) is 5.60. The van der Waals surface area contributed by atoms with Crippen molar-refractivity contribution in [3.8, 4) is 0 Å². The third kappa shape index (κ3) is 1.11. The fraction of sp³-hybridized carbons (Fsp3) is 0.167. The predicted molar refractivity (Wildman–Crippen MR) is 44.9 cm³/mol. The molecule has 0 spiro atoms. The van der Waals surface area contributed by atoms with Gasteiger partial charge in [-0.25, -0.2) is 4.79 Å². The summed E-state index contributed by atoms with van der Waals surface area (Å²) in [5.74, 6) is 0. The summed E-state index contributed by atoms with van der Waals surface area (Å²) in [4.78, 5) is 16.1. The summed E-state index contributed by atoms with van der Waals surface area (Å²) in [6.45, 7) is 0.685. The monoisotopic (exact) mass is 215 g/mol. The number of rotatable bonds is 0. The van der Waals surface area contributed by atoms with Gasteiger partial charge in [-0.1, -0.05) is 0 Å². The number of halogens is 1. The van der Waals surface area contributed by atoms with Crippen molar-refractivity contribution in [2.75, 3.05) is 0 Å². The lowest BCUT2D eigenvalue weighted by atomic mass is 10.3. The van der Waals surface area contributed by atoms with Crippen LogP contribution in [-0.4, -0.2) is 13.9 Å². The van der Waals surface area contributed by atoms with Gasteiger partial charge in [0.25, 0.3) is 0 Å². The van der Waals surface area contributed by atoms with E-state index < -0.39 is 0 Å². The average molecular weight is 216 g/mol. The summed E-state index contributed by atoms with van der Waals surface area (Å²) in [6, 6.07) is 0. The maximum Gasteiger partial charge on any atom is 0.323 e. The highest BCUT2D eigenvalue weighted by atomic mass is 79.9. The molecular formula is C6H6BrN3O. The molecule has 0 atom stereocenters. The third-order valence-electron chi connectivity index (χ3n) is 1.55. The van der Waals surface area contributed by atoms with Gasteiger partial charge in [0.05, 0.1) is 17.9 Å². The average Bonchev–Trinajstić information content (AvgIpc) is 2.27. The molecule has 1 aromatic rings. The van der Waals surface area contributed by atoms with Crippen LogP contribution in [0.3, 0.4) is 0 Å². The number of hydrogen-bond acceptors (Lipinski definition) is 2. The molecule has 58 valence electrons. The number of aromatic nitrogens is 2. The lowest BCUT2D eigenvalue weighted by Crippen LogP contribution is -2.08. The highest BCUT2D eigenvalue weighted by Gasteiger charge is 2.10. The van der Waals surface area contributed by atoms with E-state index in [0.29, 0.717) is 6.54 Å². The summed E-state index contributed by atoms with van der Waals surface area (Å²) in [5, 5.41) is 0. The SMILES string of the molecule is O=c1[nH]c2c([nH]1)CN(Br)C=C2. The number of fused-ring (bicyclic) bond motifs is 1. The first-order valence-corrected chi connectivity index (χ1v) is 3.88. The fourth-order valence-corrected chi connectivity index (χ4v) is 1.43. The molecular weight excluding hydrogens is 210 g/mol. The van der Waals surface area contributed by atoms with Crippen LogP contribution in [0.4, 0.5) is 0 Å². The van der Waals surface area contributed by atoms with E-state index >= 15 is 0 Å². The summed E-state index contributed by atoms with van der Waals surface area (Å²) < 4.78 is 1.82. The van der Waals surface area contributed by atoms with Gasteiger partial charge in [-0.15, -0.1) is 0 Å². The van der Waals surface area contributed by atoms with Gasteiger partial charge in [0.1, 0.15) is 0 Å². The van der Waals surface area contributed by atoms with Crippen LogP contribution in [0.1, 0.15) is 11.4 Å². The molecule has 0 bridgehead atoms. The third-order valence-corrected chi connectivity index (χ3v) is 2.04. The van der Waals surface area contributed by atoms with Crippen LogP contribution in [-0.2, 0) is 6.54 Å². The molecule has 0 amide bonds. The molecule has 0 aromatic carbocycles. The van der Waals surface area contributed by atoms with Gasteiger partial charge in [-0.05, 0) is 6.08 Å². The Bertz CT molecular complexity index is 351. The molecule has 2 N–H and O–H groups in total. The van der Waals surface area contributed by atoms with Crippen LogP contribution in [0.2, 0.25) is 0 Å². The van der Waals surface area contributed by atoms with Crippen LogP contribution >= 0.6 is 16.1 Å². The lowest BCUT2D eigenvalue weighted by Gasteiger charge is -2.13. The first-order valence-electron chi connectivity index (χ1n) is 3.17. The second-order valence-corrected chi connectivity index (χ2v) is 3.26. The zero-order valence-corrected chi connectivity index (χ0v) is 7.18. The highest BCUT2D eigenvalue weighted by Crippen LogP contribution is 2.16. The first-order chi connectivity index (χ1) is 5.25.